The summed E-state index contributed by atoms with van der Waals surface area (Å²) < 4.78 is 5.27. The fourth-order valence-corrected chi connectivity index (χ4v) is 6.52. The molecule has 4 aliphatic rings. The second-order valence-electron chi connectivity index (χ2n) is 10.5. The van der Waals surface area contributed by atoms with Crippen molar-refractivity contribution >= 4 is 29.4 Å². The average Bonchev–Trinajstić information content (AvgIpc) is 2.73. The zero-order chi connectivity index (χ0) is 22.9. The molecule has 0 saturated heterocycles. The molecule has 1 aromatic carbocycles. The van der Waals surface area contributed by atoms with Crippen molar-refractivity contribution in [1.29, 1.82) is 0 Å². The summed E-state index contributed by atoms with van der Waals surface area (Å²) in [6.07, 6.45) is 7.73. The molecule has 0 aliphatic heterocycles. The zero-order valence-electron chi connectivity index (χ0n) is 18.9. The quantitative estimate of drug-likeness (QED) is 0.575. The molecule has 1 aromatic rings. The van der Waals surface area contributed by atoms with Crippen molar-refractivity contribution in [3.8, 4) is 0 Å². The van der Waals surface area contributed by atoms with Crippen molar-refractivity contribution in [2.45, 2.75) is 58.4 Å². The minimum atomic E-state index is -0.839. The summed E-state index contributed by atoms with van der Waals surface area (Å²) in [6.45, 7) is 3.99. The second kappa shape index (κ2) is 9.42. The lowest BCUT2D eigenvalue weighted by molar-refractivity contribution is -0.151. The van der Waals surface area contributed by atoms with Gasteiger partial charge in [0.25, 0.3) is 11.8 Å². The molecule has 6 nitrogen and oxygen atoms in total. The molecule has 2 amide bonds. The van der Waals surface area contributed by atoms with Gasteiger partial charge in [0.1, 0.15) is 6.04 Å². The molecule has 174 valence electrons. The van der Waals surface area contributed by atoms with E-state index in [0.717, 1.165) is 17.8 Å². The van der Waals surface area contributed by atoms with Crippen LogP contribution in [0.5, 0.6) is 0 Å². The van der Waals surface area contributed by atoms with Crippen LogP contribution in [0.4, 0.5) is 0 Å². The molecule has 4 aliphatic carbocycles. The first kappa shape index (κ1) is 23.1. The van der Waals surface area contributed by atoms with E-state index in [1.54, 1.807) is 24.3 Å². The first-order valence-electron chi connectivity index (χ1n) is 11.7. The summed E-state index contributed by atoms with van der Waals surface area (Å²) in [7, 11) is 0. The number of hydrogen-bond donors (Lipinski definition) is 2. The van der Waals surface area contributed by atoms with Gasteiger partial charge in [-0.3, -0.25) is 9.59 Å². The van der Waals surface area contributed by atoms with E-state index >= 15 is 0 Å². The van der Waals surface area contributed by atoms with Crippen LogP contribution in [-0.4, -0.2) is 37.0 Å². The third kappa shape index (κ3) is 5.28. The van der Waals surface area contributed by atoms with Crippen molar-refractivity contribution in [2.24, 2.45) is 29.1 Å². The maximum atomic E-state index is 12.6. The van der Waals surface area contributed by atoms with Crippen LogP contribution in [0.1, 0.15) is 62.7 Å². The molecule has 0 unspecified atom stereocenters. The minimum absolute atomic E-state index is 0.186. The smallest absolute Gasteiger partial charge is 0.329 e. The van der Waals surface area contributed by atoms with E-state index in [2.05, 4.69) is 10.6 Å². The van der Waals surface area contributed by atoms with Crippen LogP contribution in [-0.2, 0) is 14.3 Å². The van der Waals surface area contributed by atoms with Gasteiger partial charge in [-0.25, -0.2) is 4.79 Å². The van der Waals surface area contributed by atoms with Crippen molar-refractivity contribution in [1.82, 2.24) is 10.6 Å². The normalized spacial score (nSPS) is 28.9. The standard InChI is InChI=1S/C25H33ClN2O4/c1-15(2)22(28-23(30)19-3-5-20(26)6-4-19)24(31)32-13-21(29)27-14-25-10-16-7-17(11-25)9-18(8-16)12-25/h3-6,15-18,22H,7-14H2,1-2H3,(H,27,29)(H,28,30)/t16?,17?,18?,22-,25?/m1/s1. The summed E-state index contributed by atoms with van der Waals surface area (Å²) in [4.78, 5) is 37.5. The fourth-order valence-electron chi connectivity index (χ4n) is 6.39. The molecule has 0 spiro atoms. The molecule has 0 aromatic heterocycles. The molecule has 0 heterocycles. The Morgan fingerprint density at radius 2 is 1.59 bits per heavy atom. The van der Waals surface area contributed by atoms with Crippen molar-refractivity contribution in [2.75, 3.05) is 13.2 Å². The molecule has 2 N–H and O–H groups in total. The number of esters is 1. The van der Waals surface area contributed by atoms with Gasteiger partial charge < -0.3 is 15.4 Å². The fraction of sp³-hybridized carbons (Fsp3) is 0.640. The van der Waals surface area contributed by atoms with E-state index < -0.39 is 12.0 Å². The molecule has 4 bridgehead atoms. The number of nitrogens with one attached hydrogen (secondary N) is 2. The number of rotatable bonds is 8. The van der Waals surface area contributed by atoms with Gasteiger partial charge in [0.15, 0.2) is 6.61 Å². The van der Waals surface area contributed by atoms with Crippen LogP contribution in [0.15, 0.2) is 24.3 Å². The Balaban J connectivity index is 1.25. The molecule has 0 radical (unpaired) electrons. The lowest BCUT2D eigenvalue weighted by Crippen LogP contribution is -2.51. The molecular formula is C25H33ClN2O4. The Morgan fingerprint density at radius 1 is 1.03 bits per heavy atom. The summed E-state index contributed by atoms with van der Waals surface area (Å²) in [6, 6.07) is 5.59. The summed E-state index contributed by atoms with van der Waals surface area (Å²) >= 11 is 5.86. The van der Waals surface area contributed by atoms with Gasteiger partial charge in [-0.2, -0.15) is 0 Å². The van der Waals surface area contributed by atoms with Gasteiger partial charge in [0, 0.05) is 17.1 Å². The highest BCUT2D eigenvalue weighted by atomic mass is 35.5. The largest absolute Gasteiger partial charge is 0.454 e. The summed E-state index contributed by atoms with van der Waals surface area (Å²) in [5, 5.41) is 6.26. The van der Waals surface area contributed by atoms with Crippen LogP contribution in [0.25, 0.3) is 0 Å². The number of hydrogen-bond acceptors (Lipinski definition) is 4. The number of halogens is 1. The predicted molar refractivity (Wildman–Crippen MR) is 122 cm³/mol. The van der Waals surface area contributed by atoms with Crippen molar-refractivity contribution in [3.63, 3.8) is 0 Å². The topological polar surface area (TPSA) is 84.5 Å². The van der Waals surface area contributed by atoms with Gasteiger partial charge in [0.2, 0.25) is 0 Å². The molecule has 4 saturated carbocycles. The second-order valence-corrected chi connectivity index (χ2v) is 10.9. The van der Waals surface area contributed by atoms with E-state index in [9.17, 15) is 14.4 Å². The molecular weight excluding hydrogens is 428 g/mol. The molecule has 4 fully saturated rings. The highest BCUT2D eigenvalue weighted by molar-refractivity contribution is 6.30. The number of benzene rings is 1. The monoisotopic (exact) mass is 460 g/mol. The van der Waals surface area contributed by atoms with Crippen molar-refractivity contribution < 1.29 is 19.1 Å². The van der Waals surface area contributed by atoms with E-state index in [4.69, 9.17) is 16.3 Å². The maximum Gasteiger partial charge on any atom is 0.329 e. The van der Waals surface area contributed by atoms with E-state index in [1.807, 2.05) is 13.8 Å². The summed E-state index contributed by atoms with van der Waals surface area (Å²) in [5.74, 6) is 1.02. The van der Waals surface area contributed by atoms with Gasteiger partial charge in [-0.1, -0.05) is 25.4 Å². The highest BCUT2D eigenvalue weighted by Crippen LogP contribution is 2.59. The predicted octanol–water partition coefficient (Wildman–Crippen LogP) is 3.97. The van der Waals surface area contributed by atoms with Crippen LogP contribution in [0, 0.1) is 29.1 Å². The van der Waals surface area contributed by atoms with Gasteiger partial charge >= 0.3 is 5.97 Å². The number of ether oxygens (including phenoxy) is 1. The van der Waals surface area contributed by atoms with Crippen molar-refractivity contribution in [3.05, 3.63) is 34.9 Å². The Morgan fingerprint density at radius 3 is 2.12 bits per heavy atom. The lowest BCUT2D eigenvalue weighted by Gasteiger charge is -2.56. The van der Waals surface area contributed by atoms with E-state index in [0.29, 0.717) is 17.1 Å². The number of carbonyl (C=O) groups is 3. The number of amides is 2. The Labute approximate surface area is 194 Å². The summed E-state index contributed by atoms with van der Waals surface area (Å²) in [5.41, 5.74) is 0.641. The first-order chi connectivity index (χ1) is 15.2. The third-order valence-electron chi connectivity index (χ3n) is 7.48. The Hall–Kier alpha value is -2.08. The van der Waals surface area contributed by atoms with Crippen LogP contribution >= 0.6 is 11.6 Å². The van der Waals surface area contributed by atoms with E-state index in [-0.39, 0.29) is 29.8 Å². The highest BCUT2D eigenvalue weighted by Gasteiger charge is 2.50. The molecule has 5 rings (SSSR count). The minimum Gasteiger partial charge on any atom is -0.454 e. The van der Waals surface area contributed by atoms with Crippen LogP contribution in [0.2, 0.25) is 5.02 Å². The maximum absolute atomic E-state index is 12.6. The van der Waals surface area contributed by atoms with E-state index in [1.165, 1.54) is 38.5 Å². The van der Waals surface area contributed by atoms with Gasteiger partial charge in [-0.05, 0) is 91.9 Å². The molecule has 32 heavy (non-hydrogen) atoms. The Kier molecular flexibility index (Phi) is 6.80. The third-order valence-corrected chi connectivity index (χ3v) is 7.74. The van der Waals surface area contributed by atoms with Gasteiger partial charge in [0.05, 0.1) is 0 Å². The average molecular weight is 461 g/mol. The van der Waals surface area contributed by atoms with Gasteiger partial charge in [-0.15, -0.1) is 0 Å². The molecule has 7 heteroatoms. The first-order valence-corrected chi connectivity index (χ1v) is 12.1. The van der Waals surface area contributed by atoms with Crippen LogP contribution < -0.4 is 10.6 Å². The zero-order valence-corrected chi connectivity index (χ0v) is 19.6. The SMILES string of the molecule is CC(C)[C@@H](NC(=O)c1ccc(Cl)cc1)C(=O)OCC(=O)NCC12CC3CC(CC(C3)C1)C2. The molecule has 1 atom stereocenters. The number of carbonyl (C=O) groups excluding carboxylic acids is 3. The Bertz CT molecular complexity index is 832. The van der Waals surface area contributed by atoms with Crippen LogP contribution in [0.3, 0.4) is 0 Å². The lowest BCUT2D eigenvalue weighted by atomic mass is 9.49.